The smallest absolute Gasteiger partial charge is 0.245 e. The van der Waals surface area contributed by atoms with E-state index in [0.29, 0.717) is 11.6 Å². The number of nitrogens with zero attached hydrogens (tertiary/aromatic N) is 2. The zero-order valence-electron chi connectivity index (χ0n) is 13.7. The van der Waals surface area contributed by atoms with Gasteiger partial charge in [-0.1, -0.05) is 19.3 Å². The summed E-state index contributed by atoms with van der Waals surface area (Å²) in [5.41, 5.74) is 0. The lowest BCUT2D eigenvalue weighted by molar-refractivity contribution is -0.145. The maximum atomic E-state index is 12.7. The fourth-order valence-corrected chi connectivity index (χ4v) is 4.76. The molecule has 2 amide bonds. The number of Topliss-reactive ketones (excluding diaryl/α,β-unsaturated/α-hetero) is 1. The molecule has 7 heteroatoms. The molecule has 0 radical (unpaired) electrons. The van der Waals surface area contributed by atoms with Crippen LogP contribution < -0.4 is 5.32 Å². The van der Waals surface area contributed by atoms with E-state index in [2.05, 4.69) is 5.32 Å². The highest BCUT2D eigenvalue weighted by atomic mass is 32.2. The van der Waals surface area contributed by atoms with E-state index >= 15 is 0 Å². The molecule has 1 aliphatic heterocycles. The largest absolute Gasteiger partial charge is 0.352 e. The molecular formula is C17H23N3O3S. The van der Waals surface area contributed by atoms with Crippen molar-refractivity contribution in [3.8, 4) is 6.07 Å². The number of ketones is 1. The molecule has 0 aromatic heterocycles. The van der Waals surface area contributed by atoms with Gasteiger partial charge in [0.15, 0.2) is 11.7 Å². The molecule has 2 atom stereocenters. The Labute approximate surface area is 146 Å². The summed E-state index contributed by atoms with van der Waals surface area (Å²) in [6, 6.07) is 1.30. The summed E-state index contributed by atoms with van der Waals surface area (Å²) in [5.74, 6) is -1.25. The molecule has 130 valence electrons. The lowest BCUT2D eigenvalue weighted by Gasteiger charge is -2.32. The first-order valence-electron chi connectivity index (χ1n) is 8.73. The highest BCUT2D eigenvalue weighted by Gasteiger charge is 2.43. The van der Waals surface area contributed by atoms with Crippen LogP contribution in [-0.2, 0) is 14.4 Å². The molecule has 3 rings (SSSR count). The lowest BCUT2D eigenvalue weighted by Crippen LogP contribution is -2.50. The molecule has 1 saturated heterocycles. The minimum absolute atomic E-state index is 0.0116. The summed E-state index contributed by atoms with van der Waals surface area (Å²) in [6.07, 6.45) is 6.77. The third kappa shape index (κ3) is 3.44. The SMILES string of the molecule is N#C[C@H](C(=O)NC1CCCC1)C(=O)[C@@H]1CSCN1C(=O)C1CCC1. The number of carbonyl (C=O) groups excluding carboxylic acids is 3. The fourth-order valence-electron chi connectivity index (χ4n) is 3.58. The molecule has 1 heterocycles. The zero-order valence-corrected chi connectivity index (χ0v) is 14.5. The molecule has 0 bridgehead atoms. The number of nitriles is 1. The second-order valence-corrected chi connectivity index (χ2v) is 7.91. The van der Waals surface area contributed by atoms with Crippen LogP contribution in [-0.4, -0.2) is 46.2 Å². The van der Waals surface area contributed by atoms with Crippen molar-refractivity contribution in [1.82, 2.24) is 10.2 Å². The average Bonchev–Trinajstić information content (AvgIpc) is 3.16. The molecule has 3 fully saturated rings. The van der Waals surface area contributed by atoms with Crippen molar-refractivity contribution in [2.24, 2.45) is 11.8 Å². The van der Waals surface area contributed by atoms with E-state index in [1.54, 1.807) is 4.90 Å². The van der Waals surface area contributed by atoms with Gasteiger partial charge in [0.25, 0.3) is 0 Å². The van der Waals surface area contributed by atoms with Crippen LogP contribution in [0.1, 0.15) is 44.9 Å². The van der Waals surface area contributed by atoms with Crippen LogP contribution in [0, 0.1) is 23.2 Å². The fraction of sp³-hybridized carbons (Fsp3) is 0.765. The van der Waals surface area contributed by atoms with Crippen LogP contribution in [0.4, 0.5) is 0 Å². The summed E-state index contributed by atoms with van der Waals surface area (Å²) in [4.78, 5) is 39.2. The first-order chi connectivity index (χ1) is 11.6. The maximum absolute atomic E-state index is 12.7. The lowest BCUT2D eigenvalue weighted by atomic mass is 9.84. The Morgan fingerprint density at radius 2 is 1.83 bits per heavy atom. The summed E-state index contributed by atoms with van der Waals surface area (Å²) in [7, 11) is 0. The van der Waals surface area contributed by atoms with Gasteiger partial charge in [-0.25, -0.2) is 0 Å². The first kappa shape index (κ1) is 17.3. The second-order valence-electron chi connectivity index (χ2n) is 6.91. The minimum atomic E-state index is -1.31. The van der Waals surface area contributed by atoms with Gasteiger partial charge in [-0.15, -0.1) is 11.8 Å². The number of hydrogen-bond acceptors (Lipinski definition) is 5. The highest BCUT2D eigenvalue weighted by Crippen LogP contribution is 2.33. The standard InChI is InChI=1S/C17H23N3O3S/c18-8-13(16(22)19-12-6-1-2-7-12)15(21)14-9-24-10-20(14)17(23)11-4-3-5-11/h11-14H,1-7,9-10H2,(H,19,22)/t13-,14-/m0/s1. The Hall–Kier alpha value is -1.55. The van der Waals surface area contributed by atoms with Crippen molar-refractivity contribution in [3.63, 3.8) is 0 Å². The van der Waals surface area contributed by atoms with Crippen molar-refractivity contribution in [2.45, 2.75) is 57.0 Å². The van der Waals surface area contributed by atoms with Crippen molar-refractivity contribution in [2.75, 3.05) is 11.6 Å². The third-order valence-corrected chi connectivity index (χ3v) is 6.34. The van der Waals surface area contributed by atoms with Gasteiger partial charge in [0.2, 0.25) is 11.8 Å². The van der Waals surface area contributed by atoms with Crippen LogP contribution in [0.15, 0.2) is 0 Å². The highest BCUT2D eigenvalue weighted by molar-refractivity contribution is 7.99. The Morgan fingerprint density at radius 3 is 2.42 bits per heavy atom. The van der Waals surface area contributed by atoms with E-state index in [-0.39, 0.29) is 17.9 Å². The van der Waals surface area contributed by atoms with Gasteiger partial charge < -0.3 is 10.2 Å². The van der Waals surface area contributed by atoms with Crippen molar-refractivity contribution < 1.29 is 14.4 Å². The summed E-state index contributed by atoms with van der Waals surface area (Å²) >= 11 is 1.51. The molecule has 2 aliphatic carbocycles. The van der Waals surface area contributed by atoms with E-state index < -0.39 is 23.7 Å². The quantitative estimate of drug-likeness (QED) is 0.759. The van der Waals surface area contributed by atoms with E-state index in [1.165, 1.54) is 11.8 Å². The van der Waals surface area contributed by atoms with Gasteiger partial charge in [0.1, 0.15) is 6.04 Å². The van der Waals surface area contributed by atoms with Crippen molar-refractivity contribution in [3.05, 3.63) is 0 Å². The second kappa shape index (κ2) is 7.56. The molecule has 3 aliphatic rings. The zero-order chi connectivity index (χ0) is 17.1. The van der Waals surface area contributed by atoms with Crippen LogP contribution in [0.2, 0.25) is 0 Å². The van der Waals surface area contributed by atoms with Crippen molar-refractivity contribution in [1.29, 1.82) is 5.26 Å². The molecule has 2 saturated carbocycles. The Morgan fingerprint density at radius 1 is 1.12 bits per heavy atom. The van der Waals surface area contributed by atoms with Gasteiger partial charge in [-0.05, 0) is 25.7 Å². The van der Waals surface area contributed by atoms with Gasteiger partial charge >= 0.3 is 0 Å². The molecule has 1 N–H and O–H groups in total. The third-order valence-electron chi connectivity index (χ3n) is 5.33. The van der Waals surface area contributed by atoms with E-state index in [9.17, 15) is 19.6 Å². The van der Waals surface area contributed by atoms with Crippen LogP contribution in [0.3, 0.4) is 0 Å². The average molecular weight is 349 g/mol. The summed E-state index contributed by atoms with van der Waals surface area (Å²) in [6.45, 7) is 0. The van der Waals surface area contributed by atoms with Crippen LogP contribution >= 0.6 is 11.8 Å². The Bertz CT molecular complexity index is 564. The van der Waals surface area contributed by atoms with E-state index in [1.807, 2.05) is 6.07 Å². The molecule has 0 unspecified atom stereocenters. The molecule has 0 aromatic carbocycles. The number of nitrogens with one attached hydrogen (secondary N) is 1. The van der Waals surface area contributed by atoms with Gasteiger partial charge in [0.05, 0.1) is 11.9 Å². The minimum Gasteiger partial charge on any atom is -0.352 e. The predicted molar refractivity (Wildman–Crippen MR) is 89.8 cm³/mol. The normalized spacial score (nSPS) is 25.8. The number of thioether (sulfide) groups is 1. The number of rotatable bonds is 5. The monoisotopic (exact) mass is 349 g/mol. The molecular weight excluding hydrogens is 326 g/mol. The molecule has 0 aromatic rings. The summed E-state index contributed by atoms with van der Waals surface area (Å²) in [5, 5.41) is 12.2. The maximum Gasteiger partial charge on any atom is 0.245 e. The molecule has 6 nitrogen and oxygen atoms in total. The van der Waals surface area contributed by atoms with Crippen molar-refractivity contribution >= 4 is 29.4 Å². The van der Waals surface area contributed by atoms with Crippen LogP contribution in [0.25, 0.3) is 0 Å². The van der Waals surface area contributed by atoms with Gasteiger partial charge in [-0.2, -0.15) is 5.26 Å². The molecule has 0 spiro atoms. The predicted octanol–water partition coefficient (Wildman–Crippen LogP) is 1.46. The van der Waals surface area contributed by atoms with Crippen LogP contribution in [0.5, 0.6) is 0 Å². The number of amides is 2. The van der Waals surface area contributed by atoms with Gasteiger partial charge in [-0.3, -0.25) is 14.4 Å². The Balaban J connectivity index is 1.64. The van der Waals surface area contributed by atoms with Gasteiger partial charge in [0, 0.05) is 17.7 Å². The van der Waals surface area contributed by atoms with E-state index in [0.717, 1.165) is 44.9 Å². The molecule has 24 heavy (non-hydrogen) atoms. The number of hydrogen-bond donors (Lipinski definition) is 1. The topological polar surface area (TPSA) is 90.3 Å². The Kier molecular flexibility index (Phi) is 5.44. The van der Waals surface area contributed by atoms with E-state index in [4.69, 9.17) is 0 Å². The first-order valence-corrected chi connectivity index (χ1v) is 9.89. The summed E-state index contributed by atoms with van der Waals surface area (Å²) < 4.78 is 0. The number of carbonyl (C=O) groups is 3.